The number of phosphoric acid groups is 1. The van der Waals surface area contributed by atoms with E-state index in [1.807, 2.05) is 6.08 Å². The van der Waals surface area contributed by atoms with Gasteiger partial charge < -0.3 is 4.89 Å². The van der Waals surface area contributed by atoms with Crippen molar-refractivity contribution in [1.29, 1.82) is 0 Å². The normalized spacial score (nSPS) is 13.7. The maximum atomic E-state index is 12.1. The van der Waals surface area contributed by atoms with Gasteiger partial charge in [0, 0.05) is 6.54 Å². The lowest BCUT2D eigenvalue weighted by atomic mass is 10.1. The van der Waals surface area contributed by atoms with Gasteiger partial charge in [-0.1, -0.05) is 136 Å². The fourth-order valence-corrected chi connectivity index (χ4v) is 4.94. The third kappa shape index (κ3) is 26.7. The number of hydrogen-bond acceptors (Lipinski definition) is 4. The maximum Gasteiger partial charge on any atom is 0.472 e. The van der Waals surface area contributed by atoms with E-state index in [2.05, 4.69) is 31.7 Å². The Balaban J connectivity index is 4.09. The molecule has 0 rings (SSSR count). The van der Waals surface area contributed by atoms with Crippen LogP contribution >= 0.6 is 7.82 Å². The van der Waals surface area contributed by atoms with Crippen molar-refractivity contribution in [2.75, 3.05) is 32.8 Å². The zero-order valence-corrected chi connectivity index (χ0v) is 24.6. The molecule has 0 radical (unpaired) electrons. The van der Waals surface area contributed by atoms with Crippen LogP contribution in [0.25, 0.3) is 0 Å². The summed E-state index contributed by atoms with van der Waals surface area (Å²) >= 11 is 0. The molecule has 5 nitrogen and oxygen atoms in total. The van der Waals surface area contributed by atoms with Crippen molar-refractivity contribution >= 4 is 7.82 Å². The second-order valence-electron chi connectivity index (χ2n) is 10.0. The lowest BCUT2D eigenvalue weighted by molar-refractivity contribution is 0.158. The van der Waals surface area contributed by atoms with E-state index >= 15 is 0 Å². The monoisotopic (exact) mass is 517 g/mol. The summed E-state index contributed by atoms with van der Waals surface area (Å²) < 4.78 is 22.3. The Morgan fingerprint density at radius 3 is 1.51 bits per heavy atom. The number of rotatable bonds is 28. The number of hydrogen-bond donors (Lipinski definition) is 1. The summed E-state index contributed by atoms with van der Waals surface area (Å²) in [5.74, 6) is 0. The first-order valence-electron chi connectivity index (χ1n) is 15.0. The lowest BCUT2D eigenvalue weighted by Gasteiger charge is -2.21. The fraction of sp³-hybridized carbons (Fsp3) is 0.931. The summed E-state index contributed by atoms with van der Waals surface area (Å²) in [5, 5.41) is 0. The molecule has 1 atom stereocenters. The average Bonchev–Trinajstić information content (AvgIpc) is 2.84. The van der Waals surface area contributed by atoms with Gasteiger partial charge in [0.15, 0.2) is 0 Å². The Kier molecular flexibility index (Phi) is 26.7. The highest BCUT2D eigenvalue weighted by Crippen LogP contribution is 2.43. The van der Waals surface area contributed by atoms with Crippen molar-refractivity contribution in [3.05, 3.63) is 12.2 Å². The third-order valence-corrected chi connectivity index (χ3v) is 7.51. The molecular weight excluding hydrogens is 457 g/mol. The third-order valence-electron chi connectivity index (χ3n) is 6.52. The minimum absolute atomic E-state index is 0.118. The largest absolute Gasteiger partial charge is 0.472 e. The van der Waals surface area contributed by atoms with Crippen LogP contribution in [-0.4, -0.2) is 42.6 Å². The molecule has 0 spiro atoms. The zero-order valence-electron chi connectivity index (χ0n) is 23.7. The zero-order chi connectivity index (χ0) is 25.9. The van der Waals surface area contributed by atoms with E-state index < -0.39 is 7.82 Å². The van der Waals surface area contributed by atoms with E-state index in [0.717, 1.165) is 38.9 Å². The van der Waals surface area contributed by atoms with Gasteiger partial charge in [0.2, 0.25) is 0 Å². The van der Waals surface area contributed by atoms with Gasteiger partial charge in [0.25, 0.3) is 0 Å². The topological polar surface area (TPSA) is 59.0 Å². The average molecular weight is 518 g/mol. The van der Waals surface area contributed by atoms with Gasteiger partial charge in [0.1, 0.15) is 0 Å². The van der Waals surface area contributed by atoms with Crippen LogP contribution in [0.4, 0.5) is 0 Å². The van der Waals surface area contributed by atoms with Crippen molar-refractivity contribution < 1.29 is 18.5 Å². The quantitative estimate of drug-likeness (QED) is 0.0636. The minimum Gasteiger partial charge on any atom is -0.302 e. The van der Waals surface area contributed by atoms with E-state index in [1.54, 1.807) is 0 Å². The fourth-order valence-electron chi connectivity index (χ4n) is 4.23. The summed E-state index contributed by atoms with van der Waals surface area (Å²) in [6.07, 6.45) is 27.8. The highest BCUT2D eigenvalue weighted by Gasteiger charge is 2.19. The Morgan fingerprint density at radius 2 is 1.03 bits per heavy atom. The van der Waals surface area contributed by atoms with Gasteiger partial charge in [-0.05, 0) is 32.4 Å². The molecule has 0 aliphatic carbocycles. The molecule has 210 valence electrons. The Bertz CT molecular complexity index is 485. The van der Waals surface area contributed by atoms with Crippen LogP contribution < -0.4 is 0 Å². The number of phosphoric ester groups is 1. The van der Waals surface area contributed by atoms with Crippen LogP contribution in [-0.2, 0) is 13.6 Å². The smallest absolute Gasteiger partial charge is 0.302 e. The van der Waals surface area contributed by atoms with Gasteiger partial charge in [0.05, 0.1) is 13.2 Å². The van der Waals surface area contributed by atoms with E-state index in [9.17, 15) is 9.46 Å². The molecule has 0 saturated heterocycles. The van der Waals surface area contributed by atoms with Gasteiger partial charge in [-0.25, -0.2) is 4.57 Å². The van der Waals surface area contributed by atoms with Gasteiger partial charge in [-0.3, -0.25) is 13.9 Å². The van der Waals surface area contributed by atoms with Crippen LogP contribution in [0.1, 0.15) is 143 Å². The lowest BCUT2D eigenvalue weighted by Crippen LogP contribution is -2.26. The van der Waals surface area contributed by atoms with Crippen LogP contribution in [0, 0.1) is 0 Å². The van der Waals surface area contributed by atoms with Gasteiger partial charge in [-0.2, -0.15) is 0 Å². The molecule has 1 N–H and O–H groups in total. The van der Waals surface area contributed by atoms with Crippen LogP contribution in [0.5, 0.6) is 0 Å². The summed E-state index contributed by atoms with van der Waals surface area (Å²) in [7, 11) is -3.95. The molecule has 1 unspecified atom stereocenters. The van der Waals surface area contributed by atoms with Crippen molar-refractivity contribution in [2.24, 2.45) is 0 Å². The predicted molar refractivity (Wildman–Crippen MR) is 152 cm³/mol. The van der Waals surface area contributed by atoms with Crippen LogP contribution in [0.2, 0.25) is 0 Å². The van der Waals surface area contributed by atoms with Crippen molar-refractivity contribution in [2.45, 2.75) is 143 Å². The van der Waals surface area contributed by atoms with E-state index in [0.29, 0.717) is 0 Å². The highest BCUT2D eigenvalue weighted by molar-refractivity contribution is 7.47. The molecule has 0 aromatic heterocycles. The van der Waals surface area contributed by atoms with Crippen LogP contribution in [0.3, 0.4) is 0 Å². The summed E-state index contributed by atoms with van der Waals surface area (Å²) in [6.45, 7) is 10.3. The molecule has 0 saturated carbocycles. The maximum absolute atomic E-state index is 12.1. The minimum atomic E-state index is -3.95. The molecular formula is C29H60NO4P. The molecule has 35 heavy (non-hydrogen) atoms. The summed E-state index contributed by atoms with van der Waals surface area (Å²) in [6, 6.07) is 0. The van der Waals surface area contributed by atoms with Crippen molar-refractivity contribution in [3.8, 4) is 0 Å². The second-order valence-corrected chi connectivity index (χ2v) is 11.5. The molecule has 0 aliphatic rings. The molecule has 0 fully saturated rings. The van der Waals surface area contributed by atoms with Crippen molar-refractivity contribution in [3.63, 3.8) is 0 Å². The molecule has 0 amide bonds. The number of nitrogens with zero attached hydrogens (tertiary/aromatic N) is 1. The molecule has 6 heteroatoms. The van der Waals surface area contributed by atoms with Gasteiger partial charge >= 0.3 is 7.82 Å². The Morgan fingerprint density at radius 1 is 0.600 bits per heavy atom. The van der Waals surface area contributed by atoms with Crippen LogP contribution in [0.15, 0.2) is 12.2 Å². The van der Waals surface area contributed by atoms with E-state index in [4.69, 9.17) is 9.05 Å². The summed E-state index contributed by atoms with van der Waals surface area (Å²) in [5.41, 5.74) is 0. The molecule has 0 aromatic carbocycles. The predicted octanol–water partition coefficient (Wildman–Crippen LogP) is 9.45. The second kappa shape index (κ2) is 26.9. The van der Waals surface area contributed by atoms with E-state index in [-0.39, 0.29) is 13.2 Å². The summed E-state index contributed by atoms with van der Waals surface area (Å²) in [4.78, 5) is 12.4. The Labute approximate surface area is 219 Å². The van der Waals surface area contributed by atoms with Gasteiger partial charge in [-0.15, -0.1) is 0 Å². The Hall–Kier alpha value is -0.190. The molecule has 0 aromatic rings. The molecule has 0 aliphatic heterocycles. The SMILES string of the molecule is CCCCCCCCCOP(=O)(O)OC/C=C\CN(CCCCCCCC)CCCCCCCC. The molecule has 0 bridgehead atoms. The molecule has 0 heterocycles. The highest BCUT2D eigenvalue weighted by atomic mass is 31.2. The number of unbranched alkanes of at least 4 members (excludes halogenated alkanes) is 16. The first-order chi connectivity index (χ1) is 17.1. The first kappa shape index (κ1) is 34.8. The first-order valence-corrected chi connectivity index (χ1v) is 16.5. The van der Waals surface area contributed by atoms with E-state index in [1.165, 1.54) is 103 Å². The van der Waals surface area contributed by atoms with Crippen molar-refractivity contribution in [1.82, 2.24) is 4.90 Å². The standard InChI is InChI=1S/C29H60NO4P/c1-4-7-10-13-16-19-23-28-33-35(31,32)34-29-24-22-27-30(25-20-17-14-11-8-5-2)26-21-18-15-12-9-6-3/h22,24H,4-21,23,25-29H2,1-3H3,(H,31,32)/b24-22-.